The van der Waals surface area contributed by atoms with Gasteiger partial charge in [-0.3, -0.25) is 4.79 Å². The number of ether oxygens (including phenoxy) is 2. The lowest BCUT2D eigenvalue weighted by molar-refractivity contribution is -0.120. The summed E-state index contributed by atoms with van der Waals surface area (Å²) in [6.07, 6.45) is -0.00146. The maximum atomic E-state index is 12.4. The normalized spacial score (nSPS) is 11.4. The van der Waals surface area contributed by atoms with Gasteiger partial charge in [-0.1, -0.05) is 12.1 Å². The second kappa shape index (κ2) is 9.77. The van der Waals surface area contributed by atoms with Crippen molar-refractivity contribution >= 4 is 19.0 Å². The van der Waals surface area contributed by atoms with E-state index >= 15 is 0 Å². The molecule has 0 aliphatic rings. The Balaban J connectivity index is 2.11. The topological polar surface area (TPSA) is 125 Å². The molecule has 9 heteroatoms. The summed E-state index contributed by atoms with van der Waals surface area (Å²) < 4.78 is 10.4. The maximum Gasteiger partial charge on any atom is 0.475 e. The van der Waals surface area contributed by atoms with Gasteiger partial charge in [0.05, 0.1) is 32.1 Å². The van der Waals surface area contributed by atoms with Crippen molar-refractivity contribution in [2.45, 2.75) is 18.8 Å². The molecule has 0 radical (unpaired) electrons. The summed E-state index contributed by atoms with van der Waals surface area (Å²) in [4.78, 5) is 23.5. The Morgan fingerprint density at radius 2 is 1.86 bits per heavy atom. The number of hydrogen-bond acceptors (Lipinski definition) is 6. The molecule has 8 nitrogen and oxygen atoms in total. The first kappa shape index (κ1) is 21.3. The highest BCUT2D eigenvalue weighted by molar-refractivity contribution is 6.43. The van der Waals surface area contributed by atoms with Gasteiger partial charge in [-0.2, -0.15) is 0 Å². The zero-order chi connectivity index (χ0) is 20.7. The highest BCUT2D eigenvalue weighted by atomic mass is 16.5. The summed E-state index contributed by atoms with van der Waals surface area (Å²) in [6.45, 7) is 0. The van der Waals surface area contributed by atoms with Crippen molar-refractivity contribution in [3.63, 3.8) is 0 Å². The third kappa shape index (κ3) is 5.73. The minimum absolute atomic E-state index is 0.0553. The molecule has 1 amide bonds. The van der Waals surface area contributed by atoms with E-state index in [1.165, 1.54) is 26.4 Å². The molecule has 0 saturated carbocycles. The van der Waals surface area contributed by atoms with E-state index < -0.39 is 24.9 Å². The van der Waals surface area contributed by atoms with Crippen molar-refractivity contribution in [1.82, 2.24) is 5.32 Å². The lowest BCUT2D eigenvalue weighted by atomic mass is 9.75. The molecule has 0 saturated heterocycles. The second-order valence-electron chi connectivity index (χ2n) is 6.15. The number of aromatic carboxylic acids is 1. The third-order valence-corrected chi connectivity index (χ3v) is 4.17. The summed E-state index contributed by atoms with van der Waals surface area (Å²) in [7, 11) is 1.18. The van der Waals surface area contributed by atoms with Gasteiger partial charge in [0.2, 0.25) is 5.91 Å². The van der Waals surface area contributed by atoms with Crippen molar-refractivity contribution in [2.75, 3.05) is 14.2 Å². The molecular formula is C19H22BNO7. The molecule has 148 valence electrons. The van der Waals surface area contributed by atoms with Gasteiger partial charge in [0.15, 0.2) is 0 Å². The number of carbonyl (C=O) groups is 2. The van der Waals surface area contributed by atoms with Crippen LogP contribution in [0.5, 0.6) is 11.5 Å². The molecule has 0 bridgehead atoms. The molecule has 0 aromatic heterocycles. The van der Waals surface area contributed by atoms with Crippen LogP contribution in [-0.4, -0.2) is 54.3 Å². The number of amides is 1. The molecule has 0 heterocycles. The lowest BCUT2D eigenvalue weighted by Crippen LogP contribution is -2.48. The first-order chi connectivity index (χ1) is 13.3. The van der Waals surface area contributed by atoms with Gasteiger partial charge >= 0.3 is 13.1 Å². The number of carboxylic acid groups (broad SMARTS) is 1. The minimum Gasteiger partial charge on any atom is -0.497 e. The Labute approximate surface area is 162 Å². The van der Waals surface area contributed by atoms with E-state index in [4.69, 9.17) is 14.6 Å². The highest BCUT2D eigenvalue weighted by Gasteiger charge is 2.26. The van der Waals surface area contributed by atoms with Gasteiger partial charge in [0.25, 0.3) is 0 Å². The number of rotatable bonds is 9. The number of hydrogen-bond donors (Lipinski definition) is 4. The molecular weight excluding hydrogens is 365 g/mol. The Bertz CT molecular complexity index is 841. The molecule has 0 spiro atoms. The first-order valence-corrected chi connectivity index (χ1v) is 8.52. The average molecular weight is 387 g/mol. The van der Waals surface area contributed by atoms with Gasteiger partial charge in [0, 0.05) is 5.56 Å². The fraction of sp³-hybridized carbons (Fsp3) is 0.263. The largest absolute Gasteiger partial charge is 0.497 e. The molecule has 0 aliphatic carbocycles. The predicted octanol–water partition coefficient (Wildman–Crippen LogP) is 0.684. The average Bonchev–Trinajstić information content (AvgIpc) is 2.67. The zero-order valence-corrected chi connectivity index (χ0v) is 15.6. The Kier molecular flexibility index (Phi) is 7.42. The highest BCUT2D eigenvalue weighted by Crippen LogP contribution is 2.24. The monoisotopic (exact) mass is 387 g/mol. The fourth-order valence-electron chi connectivity index (χ4n) is 2.77. The van der Waals surface area contributed by atoms with Crippen LogP contribution in [-0.2, 0) is 17.6 Å². The Hall–Kier alpha value is -3.04. The molecule has 28 heavy (non-hydrogen) atoms. The first-order valence-electron chi connectivity index (χ1n) is 8.52. The molecule has 1 unspecified atom stereocenters. The van der Waals surface area contributed by atoms with Crippen molar-refractivity contribution in [2.24, 2.45) is 0 Å². The van der Waals surface area contributed by atoms with E-state index in [1.54, 1.807) is 30.3 Å². The van der Waals surface area contributed by atoms with Gasteiger partial charge in [-0.15, -0.1) is 0 Å². The van der Waals surface area contributed by atoms with Crippen LogP contribution in [0.2, 0.25) is 0 Å². The van der Waals surface area contributed by atoms with Crippen LogP contribution in [0.15, 0.2) is 42.5 Å². The number of methoxy groups -OCH3 is 2. The van der Waals surface area contributed by atoms with Crippen LogP contribution < -0.4 is 14.8 Å². The predicted molar refractivity (Wildman–Crippen MR) is 102 cm³/mol. The zero-order valence-electron chi connectivity index (χ0n) is 15.6. The summed E-state index contributed by atoms with van der Waals surface area (Å²) in [5.41, 5.74) is 1.21. The van der Waals surface area contributed by atoms with E-state index in [2.05, 4.69) is 5.32 Å². The van der Waals surface area contributed by atoms with Crippen LogP contribution in [0.25, 0.3) is 0 Å². The molecule has 2 aromatic carbocycles. The fourth-order valence-corrected chi connectivity index (χ4v) is 2.77. The van der Waals surface area contributed by atoms with Gasteiger partial charge < -0.3 is 29.9 Å². The quantitative estimate of drug-likeness (QED) is 0.467. The third-order valence-electron chi connectivity index (χ3n) is 4.17. The standard InChI is InChI=1S/C19H22BNO7/c1-27-15-6-7-16(28-2)14(10-15)11-18(22)21-17(20(25)26)9-12-4-3-5-13(8-12)19(23)24/h3-8,10,17,25-26H,9,11H2,1-2H3,(H,21,22)(H,23,24). The summed E-state index contributed by atoms with van der Waals surface area (Å²) in [5.74, 6) is -1.47. The summed E-state index contributed by atoms with van der Waals surface area (Å²) in [6, 6.07) is 11.1. The maximum absolute atomic E-state index is 12.4. The molecule has 4 N–H and O–H groups in total. The SMILES string of the molecule is COc1ccc(OC)c(CC(=O)NC(Cc2cccc(C(=O)O)c2)B(O)O)c1. The minimum atomic E-state index is -1.82. The van der Waals surface area contributed by atoms with Crippen LogP contribution >= 0.6 is 0 Å². The van der Waals surface area contributed by atoms with Crippen molar-refractivity contribution in [3.8, 4) is 11.5 Å². The molecule has 0 fully saturated rings. The van der Waals surface area contributed by atoms with E-state index in [1.807, 2.05) is 0 Å². The van der Waals surface area contributed by atoms with Crippen LogP contribution in [0, 0.1) is 0 Å². The summed E-state index contributed by atoms with van der Waals surface area (Å²) in [5, 5.41) is 30.9. The second-order valence-corrected chi connectivity index (χ2v) is 6.15. The lowest BCUT2D eigenvalue weighted by Gasteiger charge is -2.19. The Morgan fingerprint density at radius 3 is 2.46 bits per heavy atom. The van der Waals surface area contributed by atoms with Crippen molar-refractivity contribution in [1.29, 1.82) is 0 Å². The van der Waals surface area contributed by atoms with Gasteiger partial charge in [0.1, 0.15) is 11.5 Å². The van der Waals surface area contributed by atoms with Gasteiger partial charge in [-0.25, -0.2) is 4.79 Å². The van der Waals surface area contributed by atoms with Crippen molar-refractivity contribution < 1.29 is 34.2 Å². The Morgan fingerprint density at radius 1 is 1.11 bits per heavy atom. The number of carbonyl (C=O) groups excluding carboxylic acids is 1. The van der Waals surface area contributed by atoms with Crippen molar-refractivity contribution in [3.05, 3.63) is 59.2 Å². The molecule has 1 atom stereocenters. The molecule has 0 aliphatic heterocycles. The number of carboxylic acids is 1. The molecule has 2 rings (SSSR count). The smallest absolute Gasteiger partial charge is 0.475 e. The van der Waals surface area contributed by atoms with Crippen LogP contribution in [0.1, 0.15) is 21.5 Å². The number of nitrogens with one attached hydrogen (secondary N) is 1. The summed E-state index contributed by atoms with van der Waals surface area (Å²) >= 11 is 0. The number of benzene rings is 2. The molecule has 2 aromatic rings. The van der Waals surface area contributed by atoms with E-state index in [0.717, 1.165) is 0 Å². The van der Waals surface area contributed by atoms with Crippen LogP contribution in [0.3, 0.4) is 0 Å². The van der Waals surface area contributed by atoms with E-state index in [9.17, 15) is 19.6 Å². The van der Waals surface area contributed by atoms with Gasteiger partial charge in [-0.05, 0) is 42.3 Å². The van der Waals surface area contributed by atoms with E-state index in [0.29, 0.717) is 22.6 Å². The van der Waals surface area contributed by atoms with E-state index in [-0.39, 0.29) is 18.4 Å². The van der Waals surface area contributed by atoms with Crippen LogP contribution in [0.4, 0.5) is 0 Å².